The van der Waals surface area contributed by atoms with Crippen LogP contribution >= 0.6 is 0 Å². The van der Waals surface area contributed by atoms with Gasteiger partial charge in [0.1, 0.15) is 0 Å². The molecule has 0 saturated carbocycles. The van der Waals surface area contributed by atoms with E-state index in [2.05, 4.69) is 0 Å². The fourth-order valence-corrected chi connectivity index (χ4v) is 3.43. The van der Waals surface area contributed by atoms with Crippen molar-refractivity contribution < 1.29 is 22.7 Å². The van der Waals surface area contributed by atoms with Gasteiger partial charge in [-0.3, -0.25) is 4.31 Å². The van der Waals surface area contributed by atoms with Crippen LogP contribution in [0.2, 0.25) is 0 Å². The number of sulfonamides is 1. The Morgan fingerprint density at radius 1 is 1.30 bits per heavy atom. The zero-order valence-electron chi connectivity index (χ0n) is 11.4. The average molecular weight is 297 g/mol. The first-order valence-corrected chi connectivity index (χ1v) is 7.42. The fraction of sp³-hybridized carbons (Fsp3) is 0.308. The molecular weight excluding hydrogens is 282 g/mol. The Hall–Kier alpha value is -2.02. The van der Waals surface area contributed by atoms with Crippen molar-refractivity contribution in [2.75, 3.05) is 20.8 Å². The molecule has 1 heterocycles. The van der Waals surface area contributed by atoms with Crippen molar-refractivity contribution in [3.05, 3.63) is 35.5 Å². The van der Waals surface area contributed by atoms with Crippen molar-refractivity contribution in [1.82, 2.24) is 4.31 Å². The summed E-state index contributed by atoms with van der Waals surface area (Å²) < 4.78 is 35.9. The first-order valence-electron chi connectivity index (χ1n) is 5.98. The summed E-state index contributed by atoms with van der Waals surface area (Å²) in [6.07, 6.45) is 0. The van der Waals surface area contributed by atoms with E-state index >= 15 is 0 Å². The summed E-state index contributed by atoms with van der Waals surface area (Å²) in [4.78, 5) is 12.1. The molecule has 0 saturated heterocycles. The largest absolute Gasteiger partial charge is 0.494 e. The van der Waals surface area contributed by atoms with Gasteiger partial charge in [-0.25, -0.2) is 13.2 Å². The summed E-state index contributed by atoms with van der Waals surface area (Å²) in [6.45, 7) is 1.80. The molecule has 0 bridgehead atoms. The van der Waals surface area contributed by atoms with Crippen molar-refractivity contribution in [2.24, 2.45) is 0 Å². The maximum absolute atomic E-state index is 12.4. The van der Waals surface area contributed by atoms with Crippen molar-refractivity contribution in [2.45, 2.75) is 11.8 Å². The van der Waals surface area contributed by atoms with Crippen LogP contribution in [0.4, 0.5) is 0 Å². The molecule has 7 heteroatoms. The molecule has 0 spiro atoms. The highest BCUT2D eigenvalue weighted by molar-refractivity contribution is 7.89. The van der Waals surface area contributed by atoms with Crippen LogP contribution < -0.4 is 0 Å². The van der Waals surface area contributed by atoms with E-state index in [0.717, 1.165) is 4.31 Å². The maximum Gasteiger partial charge on any atom is 0.359 e. The maximum atomic E-state index is 12.4. The van der Waals surface area contributed by atoms with E-state index < -0.39 is 16.0 Å². The van der Waals surface area contributed by atoms with Crippen LogP contribution in [0.3, 0.4) is 0 Å². The summed E-state index contributed by atoms with van der Waals surface area (Å²) in [5.41, 5.74) is 0.240. The van der Waals surface area contributed by atoms with Gasteiger partial charge in [0.15, 0.2) is 11.5 Å². The number of nitrogens with zero attached hydrogens (tertiary/aromatic N) is 1. The molecule has 1 aromatic carbocycles. The van der Waals surface area contributed by atoms with Gasteiger partial charge in [-0.2, -0.15) is 0 Å². The molecule has 0 aliphatic carbocycles. The molecule has 1 aliphatic rings. The van der Waals surface area contributed by atoms with Crippen LogP contribution in [-0.2, 0) is 24.3 Å². The minimum atomic E-state index is -3.78. The second-order valence-corrected chi connectivity index (χ2v) is 6.01. The van der Waals surface area contributed by atoms with Crippen molar-refractivity contribution in [3.63, 3.8) is 0 Å². The van der Waals surface area contributed by atoms with Crippen LogP contribution in [0.25, 0.3) is 5.76 Å². The highest BCUT2D eigenvalue weighted by Gasteiger charge is 2.39. The lowest BCUT2D eigenvalue weighted by Crippen LogP contribution is -2.36. The fourth-order valence-electron chi connectivity index (χ4n) is 2.04. The number of esters is 1. The number of hydrogen-bond acceptors (Lipinski definition) is 5. The topological polar surface area (TPSA) is 72.9 Å². The van der Waals surface area contributed by atoms with Crippen LogP contribution in [0.15, 0.2) is 34.9 Å². The molecule has 1 aromatic rings. The number of fused-ring (bicyclic) bond motifs is 1. The number of benzene rings is 1. The number of methoxy groups -OCH3 is 1. The summed E-state index contributed by atoms with van der Waals surface area (Å²) in [5, 5.41) is 0. The van der Waals surface area contributed by atoms with Gasteiger partial charge in [-0.05, 0) is 19.1 Å². The minimum Gasteiger partial charge on any atom is -0.494 e. The van der Waals surface area contributed by atoms with Gasteiger partial charge in [0, 0.05) is 12.6 Å². The molecule has 0 fully saturated rings. The van der Waals surface area contributed by atoms with E-state index in [1.54, 1.807) is 25.1 Å². The zero-order valence-corrected chi connectivity index (χ0v) is 12.2. The van der Waals surface area contributed by atoms with E-state index in [-0.39, 0.29) is 23.0 Å². The van der Waals surface area contributed by atoms with Crippen molar-refractivity contribution in [3.8, 4) is 0 Å². The van der Waals surface area contributed by atoms with E-state index in [1.807, 2.05) is 0 Å². The lowest BCUT2D eigenvalue weighted by molar-refractivity contribution is -0.139. The second-order valence-electron chi connectivity index (χ2n) is 4.07. The number of likely N-dealkylation sites (N-methyl/N-ethyl adjacent to an activating group) is 1. The second kappa shape index (κ2) is 5.16. The smallest absolute Gasteiger partial charge is 0.359 e. The monoisotopic (exact) mass is 297 g/mol. The molecule has 0 amide bonds. The molecule has 0 atom stereocenters. The average Bonchev–Trinajstić information content (AvgIpc) is 2.43. The van der Waals surface area contributed by atoms with Gasteiger partial charge in [0.05, 0.1) is 18.6 Å². The quantitative estimate of drug-likeness (QED) is 0.784. The van der Waals surface area contributed by atoms with Crippen molar-refractivity contribution in [1.29, 1.82) is 0 Å². The lowest BCUT2D eigenvalue weighted by Gasteiger charge is -2.29. The van der Waals surface area contributed by atoms with E-state index in [1.165, 1.54) is 20.2 Å². The Bertz CT molecular complexity index is 678. The normalized spacial score (nSPS) is 16.6. The zero-order chi connectivity index (χ0) is 14.9. The Labute approximate surface area is 117 Å². The number of hydrogen-bond donors (Lipinski definition) is 0. The molecule has 1 aliphatic heterocycles. The number of carbonyl (C=O) groups is 1. The summed E-state index contributed by atoms with van der Waals surface area (Å²) in [7, 11) is -1.09. The summed E-state index contributed by atoms with van der Waals surface area (Å²) >= 11 is 0. The third-order valence-electron chi connectivity index (χ3n) is 2.97. The molecular formula is C13H15NO5S. The standard InChI is InChI=1S/C13H15NO5S/c1-4-19-13(15)11-12(18-3)9-7-5-6-8-10(9)20(16,17)14(11)2/h5-8H,4H2,1-3H3. The highest BCUT2D eigenvalue weighted by Crippen LogP contribution is 2.36. The molecule has 0 unspecified atom stereocenters. The van der Waals surface area contributed by atoms with Gasteiger partial charge < -0.3 is 9.47 Å². The Balaban J connectivity index is 2.76. The molecule has 2 rings (SSSR count). The van der Waals surface area contributed by atoms with Crippen LogP contribution in [0.1, 0.15) is 12.5 Å². The third kappa shape index (κ3) is 2.03. The van der Waals surface area contributed by atoms with Gasteiger partial charge in [0.2, 0.25) is 0 Å². The van der Waals surface area contributed by atoms with E-state index in [9.17, 15) is 13.2 Å². The van der Waals surface area contributed by atoms with Crippen LogP contribution in [0, 0.1) is 0 Å². The summed E-state index contributed by atoms with van der Waals surface area (Å²) in [6, 6.07) is 6.37. The SMILES string of the molecule is CCOC(=O)C1=C(OC)c2ccccc2S(=O)(=O)N1C. The Morgan fingerprint density at radius 3 is 2.55 bits per heavy atom. The Kier molecular flexibility index (Phi) is 3.71. The molecule has 6 nitrogen and oxygen atoms in total. The highest BCUT2D eigenvalue weighted by atomic mass is 32.2. The summed E-state index contributed by atoms with van der Waals surface area (Å²) in [5.74, 6) is -0.540. The molecule has 0 radical (unpaired) electrons. The van der Waals surface area contributed by atoms with Crippen molar-refractivity contribution >= 4 is 21.8 Å². The number of carbonyl (C=O) groups excluding carboxylic acids is 1. The lowest BCUT2D eigenvalue weighted by atomic mass is 10.1. The molecule has 108 valence electrons. The molecule has 0 N–H and O–H groups in total. The first-order chi connectivity index (χ1) is 9.45. The van der Waals surface area contributed by atoms with Gasteiger partial charge in [-0.1, -0.05) is 12.1 Å². The Morgan fingerprint density at radius 2 is 1.95 bits per heavy atom. The predicted molar refractivity (Wildman–Crippen MR) is 72.0 cm³/mol. The van der Waals surface area contributed by atoms with Crippen LogP contribution in [-0.4, -0.2) is 39.5 Å². The van der Waals surface area contributed by atoms with Gasteiger partial charge in [-0.15, -0.1) is 0 Å². The van der Waals surface area contributed by atoms with E-state index in [0.29, 0.717) is 5.56 Å². The first kappa shape index (κ1) is 14.4. The predicted octanol–water partition coefficient (Wildman–Crippen LogP) is 1.20. The molecule has 0 aromatic heterocycles. The third-order valence-corrected chi connectivity index (χ3v) is 4.79. The number of ether oxygens (including phenoxy) is 2. The van der Waals surface area contributed by atoms with Gasteiger partial charge in [0.25, 0.3) is 10.0 Å². The van der Waals surface area contributed by atoms with Gasteiger partial charge >= 0.3 is 5.97 Å². The number of rotatable bonds is 3. The molecule has 20 heavy (non-hydrogen) atoms. The minimum absolute atomic E-state index is 0.104. The van der Waals surface area contributed by atoms with Crippen LogP contribution in [0.5, 0.6) is 0 Å². The van der Waals surface area contributed by atoms with E-state index in [4.69, 9.17) is 9.47 Å².